The van der Waals surface area contributed by atoms with E-state index < -0.39 is 0 Å². The minimum Gasteiger partial charge on any atom is -0.384 e. The maximum absolute atomic E-state index is 4.91. The molecule has 0 N–H and O–H groups in total. The summed E-state index contributed by atoms with van der Waals surface area (Å²) in [5.74, 6) is 6.30. The van der Waals surface area contributed by atoms with E-state index in [1.165, 1.54) is 31.3 Å². The molecule has 0 atom stereocenters. The van der Waals surface area contributed by atoms with Crippen molar-refractivity contribution in [3.05, 3.63) is 11.6 Å². The standard InChI is InChI=1S/C11H16O/c1-12-10-6-5-9-11-7-3-2-4-8-11/h7H,2-4,6,8,10H2,1H3. The van der Waals surface area contributed by atoms with E-state index in [9.17, 15) is 0 Å². The molecular formula is C11H16O. The molecule has 0 saturated heterocycles. The van der Waals surface area contributed by atoms with E-state index in [0.29, 0.717) is 0 Å². The Labute approximate surface area is 74.8 Å². The Morgan fingerprint density at radius 3 is 3.08 bits per heavy atom. The van der Waals surface area contributed by atoms with Crippen LogP contribution in [0.25, 0.3) is 0 Å². The van der Waals surface area contributed by atoms with E-state index in [2.05, 4.69) is 17.9 Å². The molecule has 0 aromatic heterocycles. The molecule has 0 spiro atoms. The van der Waals surface area contributed by atoms with Crippen LogP contribution < -0.4 is 0 Å². The fourth-order valence-electron chi connectivity index (χ4n) is 1.28. The second kappa shape index (κ2) is 5.85. The predicted octanol–water partition coefficient (Wildman–Crippen LogP) is 2.53. The van der Waals surface area contributed by atoms with Crippen molar-refractivity contribution in [3.63, 3.8) is 0 Å². The maximum Gasteiger partial charge on any atom is 0.0571 e. The van der Waals surface area contributed by atoms with Gasteiger partial charge in [-0.1, -0.05) is 17.9 Å². The lowest BCUT2D eigenvalue weighted by Crippen LogP contribution is -1.89. The van der Waals surface area contributed by atoms with Crippen LogP contribution in [0.5, 0.6) is 0 Å². The lowest BCUT2D eigenvalue weighted by atomic mass is 10.0. The number of hydrogen-bond donors (Lipinski definition) is 0. The van der Waals surface area contributed by atoms with Crippen LogP contribution in [0.4, 0.5) is 0 Å². The molecule has 12 heavy (non-hydrogen) atoms. The summed E-state index contributed by atoms with van der Waals surface area (Å²) in [4.78, 5) is 0. The largest absolute Gasteiger partial charge is 0.384 e. The fourth-order valence-corrected chi connectivity index (χ4v) is 1.28. The topological polar surface area (TPSA) is 9.23 Å². The summed E-state index contributed by atoms with van der Waals surface area (Å²) in [5, 5.41) is 0. The number of allylic oxidation sites excluding steroid dienone is 2. The van der Waals surface area contributed by atoms with Crippen LogP contribution in [0.3, 0.4) is 0 Å². The Balaban J connectivity index is 2.26. The summed E-state index contributed by atoms with van der Waals surface area (Å²) < 4.78 is 4.91. The normalized spacial score (nSPS) is 16.2. The zero-order valence-electron chi connectivity index (χ0n) is 7.73. The van der Waals surface area contributed by atoms with Crippen molar-refractivity contribution in [1.29, 1.82) is 0 Å². The van der Waals surface area contributed by atoms with E-state index in [1.807, 2.05) is 0 Å². The quantitative estimate of drug-likeness (QED) is 0.450. The van der Waals surface area contributed by atoms with E-state index in [0.717, 1.165) is 13.0 Å². The Bertz CT molecular complexity index is 205. The first-order chi connectivity index (χ1) is 5.93. The average Bonchev–Trinajstić information content (AvgIpc) is 2.14. The van der Waals surface area contributed by atoms with Crippen molar-refractivity contribution in [2.75, 3.05) is 13.7 Å². The monoisotopic (exact) mass is 164 g/mol. The van der Waals surface area contributed by atoms with Gasteiger partial charge in [0.15, 0.2) is 0 Å². The molecule has 0 radical (unpaired) electrons. The van der Waals surface area contributed by atoms with Crippen molar-refractivity contribution in [1.82, 2.24) is 0 Å². The lowest BCUT2D eigenvalue weighted by Gasteiger charge is -2.05. The van der Waals surface area contributed by atoms with E-state index in [4.69, 9.17) is 4.74 Å². The smallest absolute Gasteiger partial charge is 0.0571 e. The summed E-state index contributed by atoms with van der Waals surface area (Å²) in [5.41, 5.74) is 1.33. The van der Waals surface area contributed by atoms with Gasteiger partial charge in [0.25, 0.3) is 0 Å². The zero-order valence-corrected chi connectivity index (χ0v) is 7.73. The van der Waals surface area contributed by atoms with Gasteiger partial charge in [-0.25, -0.2) is 0 Å². The van der Waals surface area contributed by atoms with Gasteiger partial charge in [-0.05, 0) is 31.3 Å². The Kier molecular flexibility index (Phi) is 4.56. The summed E-state index contributed by atoms with van der Waals surface area (Å²) in [6, 6.07) is 0. The molecule has 0 aromatic rings. The van der Waals surface area contributed by atoms with Gasteiger partial charge in [-0.15, -0.1) is 0 Å². The zero-order chi connectivity index (χ0) is 8.65. The van der Waals surface area contributed by atoms with Crippen molar-refractivity contribution >= 4 is 0 Å². The van der Waals surface area contributed by atoms with Crippen molar-refractivity contribution < 1.29 is 4.74 Å². The van der Waals surface area contributed by atoms with Crippen molar-refractivity contribution in [2.45, 2.75) is 32.1 Å². The SMILES string of the molecule is COCCC#CC1=CCCCC1. The van der Waals surface area contributed by atoms with Crippen LogP contribution in [0.1, 0.15) is 32.1 Å². The molecule has 0 amide bonds. The molecule has 0 unspecified atom stereocenters. The number of ether oxygens (including phenoxy) is 1. The average molecular weight is 164 g/mol. The first-order valence-electron chi connectivity index (χ1n) is 4.60. The summed E-state index contributed by atoms with van der Waals surface area (Å²) in [6.45, 7) is 0.750. The third-order valence-electron chi connectivity index (χ3n) is 1.97. The lowest BCUT2D eigenvalue weighted by molar-refractivity contribution is 0.206. The highest BCUT2D eigenvalue weighted by Crippen LogP contribution is 2.15. The molecule has 0 saturated carbocycles. The van der Waals surface area contributed by atoms with E-state index >= 15 is 0 Å². The summed E-state index contributed by atoms with van der Waals surface area (Å²) in [7, 11) is 1.71. The number of hydrogen-bond acceptors (Lipinski definition) is 1. The molecule has 1 rings (SSSR count). The second-order valence-electron chi connectivity index (χ2n) is 3.02. The first-order valence-corrected chi connectivity index (χ1v) is 4.60. The van der Waals surface area contributed by atoms with Crippen LogP contribution in [0.2, 0.25) is 0 Å². The van der Waals surface area contributed by atoms with Crippen LogP contribution in [0.15, 0.2) is 11.6 Å². The van der Waals surface area contributed by atoms with Gasteiger partial charge >= 0.3 is 0 Å². The summed E-state index contributed by atoms with van der Waals surface area (Å²) in [6.07, 6.45) is 8.17. The van der Waals surface area contributed by atoms with Crippen LogP contribution in [-0.4, -0.2) is 13.7 Å². The molecular weight excluding hydrogens is 148 g/mol. The molecule has 1 aliphatic carbocycles. The molecule has 66 valence electrons. The van der Waals surface area contributed by atoms with E-state index in [1.54, 1.807) is 7.11 Å². The molecule has 0 heterocycles. The maximum atomic E-state index is 4.91. The molecule has 0 aliphatic heterocycles. The minimum atomic E-state index is 0.750. The van der Waals surface area contributed by atoms with Crippen LogP contribution in [0, 0.1) is 11.8 Å². The van der Waals surface area contributed by atoms with Gasteiger partial charge in [-0.2, -0.15) is 0 Å². The molecule has 0 fully saturated rings. The molecule has 0 bridgehead atoms. The van der Waals surface area contributed by atoms with Gasteiger partial charge < -0.3 is 4.74 Å². The summed E-state index contributed by atoms with van der Waals surface area (Å²) >= 11 is 0. The van der Waals surface area contributed by atoms with Gasteiger partial charge in [0.1, 0.15) is 0 Å². The van der Waals surface area contributed by atoms with Crippen LogP contribution >= 0.6 is 0 Å². The fraction of sp³-hybridized carbons (Fsp3) is 0.636. The minimum absolute atomic E-state index is 0.750. The van der Waals surface area contributed by atoms with Gasteiger partial charge in [0.2, 0.25) is 0 Å². The van der Waals surface area contributed by atoms with Gasteiger partial charge in [0.05, 0.1) is 6.61 Å². The Hall–Kier alpha value is -0.740. The third kappa shape index (κ3) is 3.59. The van der Waals surface area contributed by atoms with E-state index in [-0.39, 0.29) is 0 Å². The highest BCUT2D eigenvalue weighted by Gasteiger charge is 1.98. The van der Waals surface area contributed by atoms with Crippen LogP contribution in [-0.2, 0) is 4.74 Å². The van der Waals surface area contributed by atoms with Crippen molar-refractivity contribution in [2.24, 2.45) is 0 Å². The van der Waals surface area contributed by atoms with Gasteiger partial charge in [-0.3, -0.25) is 0 Å². The second-order valence-corrected chi connectivity index (χ2v) is 3.02. The molecule has 0 aromatic carbocycles. The number of rotatable bonds is 2. The predicted molar refractivity (Wildman–Crippen MR) is 50.8 cm³/mol. The first kappa shape index (κ1) is 9.35. The van der Waals surface area contributed by atoms with Crippen molar-refractivity contribution in [3.8, 4) is 11.8 Å². The van der Waals surface area contributed by atoms with Gasteiger partial charge in [0, 0.05) is 13.5 Å². The number of methoxy groups -OCH3 is 1. The highest BCUT2D eigenvalue weighted by molar-refractivity contribution is 5.29. The third-order valence-corrected chi connectivity index (χ3v) is 1.97. The molecule has 1 aliphatic rings. The molecule has 1 nitrogen and oxygen atoms in total. The highest BCUT2D eigenvalue weighted by atomic mass is 16.5. The Morgan fingerprint density at radius 1 is 1.50 bits per heavy atom. The Morgan fingerprint density at radius 2 is 2.42 bits per heavy atom. The molecule has 1 heteroatoms.